The van der Waals surface area contributed by atoms with Gasteiger partial charge >= 0.3 is 0 Å². The first kappa shape index (κ1) is 21.7. The molecule has 2 rings (SSSR count). The van der Waals surface area contributed by atoms with Gasteiger partial charge in [-0.3, -0.25) is 4.79 Å². The fourth-order valence-electron chi connectivity index (χ4n) is 3.31. The van der Waals surface area contributed by atoms with E-state index in [0.717, 1.165) is 16.9 Å². The van der Waals surface area contributed by atoms with Gasteiger partial charge in [0.1, 0.15) is 5.75 Å². The minimum atomic E-state index is -3.49. The first-order valence-corrected chi connectivity index (χ1v) is 9.90. The summed E-state index contributed by atoms with van der Waals surface area (Å²) in [6.07, 6.45) is 1.80. The number of nitrogens with one attached hydrogen (secondary N) is 1. The van der Waals surface area contributed by atoms with Crippen molar-refractivity contribution in [3.63, 3.8) is 0 Å². The molecule has 0 atom stereocenters. The number of benzene rings is 1. The van der Waals surface area contributed by atoms with Crippen molar-refractivity contribution in [2.24, 2.45) is 0 Å². The molecule has 1 aromatic rings. The largest absolute Gasteiger partial charge is 0.496 e. The number of sulfone groups is 1. The third-order valence-corrected chi connectivity index (χ3v) is 6.74. The lowest BCUT2D eigenvalue weighted by Gasteiger charge is -2.37. The Labute approximate surface area is 156 Å². The lowest BCUT2D eigenvalue weighted by molar-refractivity contribution is -0.134. The van der Waals surface area contributed by atoms with Crippen LogP contribution < -0.4 is 10.1 Å². The van der Waals surface area contributed by atoms with Gasteiger partial charge in [0.15, 0.2) is 14.6 Å². The third kappa shape index (κ3) is 4.46. The van der Waals surface area contributed by atoms with Gasteiger partial charge in [0, 0.05) is 19.8 Å². The Morgan fingerprint density at radius 2 is 1.92 bits per heavy atom. The molecule has 25 heavy (non-hydrogen) atoms. The first-order valence-electron chi connectivity index (χ1n) is 8.01. The molecule has 1 N–H and O–H groups in total. The number of halogens is 1. The zero-order valence-electron chi connectivity index (χ0n) is 15.2. The number of methoxy groups -OCH3 is 1. The van der Waals surface area contributed by atoms with Gasteiger partial charge in [-0.05, 0) is 50.0 Å². The van der Waals surface area contributed by atoms with E-state index in [1.54, 1.807) is 14.2 Å². The molecule has 1 heterocycles. The Balaban J connectivity index is 0.00000312. The number of hydrogen-bond donors (Lipinski definition) is 1. The van der Waals surface area contributed by atoms with Crippen LogP contribution in [0.25, 0.3) is 0 Å². The van der Waals surface area contributed by atoms with Crippen molar-refractivity contribution in [3.05, 3.63) is 29.3 Å². The number of amides is 1. The molecule has 1 fully saturated rings. The Morgan fingerprint density at radius 3 is 2.40 bits per heavy atom. The maximum Gasteiger partial charge on any atom is 0.244 e. The highest BCUT2D eigenvalue weighted by molar-refractivity contribution is 7.92. The van der Waals surface area contributed by atoms with E-state index in [-0.39, 0.29) is 18.3 Å². The molecule has 1 aliphatic rings. The monoisotopic (exact) mass is 390 g/mol. The summed E-state index contributed by atoms with van der Waals surface area (Å²) in [5.74, 6) is 0.471. The van der Waals surface area contributed by atoms with E-state index in [2.05, 4.69) is 5.32 Å². The van der Waals surface area contributed by atoms with E-state index in [1.807, 2.05) is 25.1 Å². The summed E-state index contributed by atoms with van der Waals surface area (Å²) in [7, 11) is -0.215. The van der Waals surface area contributed by atoms with Crippen LogP contribution in [0.3, 0.4) is 0 Å². The summed E-state index contributed by atoms with van der Waals surface area (Å²) in [4.78, 5) is 14.5. The van der Waals surface area contributed by atoms with E-state index >= 15 is 0 Å². The molecule has 1 aromatic carbocycles. The molecule has 8 heteroatoms. The van der Waals surface area contributed by atoms with Gasteiger partial charge in [0.2, 0.25) is 5.91 Å². The second-order valence-corrected chi connectivity index (χ2v) is 8.81. The van der Waals surface area contributed by atoms with Crippen molar-refractivity contribution in [2.45, 2.75) is 31.1 Å². The van der Waals surface area contributed by atoms with Crippen LogP contribution in [0.4, 0.5) is 0 Å². The second-order valence-electron chi connectivity index (χ2n) is 6.48. The SMILES string of the molecule is COc1ccc(CN(C)C(=O)C2(S(C)(=O)=O)CCNCC2)cc1C.Cl. The number of ether oxygens (including phenoxy) is 1. The molecule has 1 aliphatic heterocycles. The fourth-order valence-corrected chi connectivity index (χ4v) is 4.72. The maximum absolute atomic E-state index is 13.0. The number of carbonyl (C=O) groups excluding carboxylic acids is 1. The molecule has 0 aliphatic carbocycles. The summed E-state index contributed by atoms with van der Waals surface area (Å²) >= 11 is 0. The van der Waals surface area contributed by atoms with Gasteiger partial charge in [0.05, 0.1) is 7.11 Å². The number of piperidine rings is 1. The molecule has 0 radical (unpaired) electrons. The van der Waals surface area contributed by atoms with E-state index in [0.29, 0.717) is 32.5 Å². The lowest BCUT2D eigenvalue weighted by atomic mass is 9.95. The molecule has 6 nitrogen and oxygen atoms in total. The molecule has 0 aromatic heterocycles. The number of carbonyl (C=O) groups is 1. The van der Waals surface area contributed by atoms with Crippen LogP contribution in [0.5, 0.6) is 5.75 Å². The smallest absolute Gasteiger partial charge is 0.244 e. The summed E-state index contributed by atoms with van der Waals surface area (Å²) in [6.45, 7) is 3.38. The topological polar surface area (TPSA) is 75.7 Å². The van der Waals surface area contributed by atoms with Crippen LogP contribution in [0.15, 0.2) is 18.2 Å². The summed E-state index contributed by atoms with van der Waals surface area (Å²) in [5, 5.41) is 3.13. The molecule has 142 valence electrons. The van der Waals surface area contributed by atoms with Crippen molar-refractivity contribution in [1.29, 1.82) is 0 Å². The summed E-state index contributed by atoms with van der Waals surface area (Å²) < 4.78 is 28.6. The number of aryl methyl sites for hydroxylation is 1. The molecule has 1 saturated heterocycles. The standard InChI is InChI=1S/C17H26N2O4S.ClH/c1-13-11-14(5-6-15(13)23-3)12-19(2)16(20)17(24(4,21)22)7-9-18-10-8-17;/h5-6,11,18H,7-10,12H2,1-4H3;1H. The predicted molar refractivity (Wildman–Crippen MR) is 101 cm³/mol. The van der Waals surface area contributed by atoms with Gasteiger partial charge in [0.25, 0.3) is 0 Å². The number of hydrogen-bond acceptors (Lipinski definition) is 5. The van der Waals surface area contributed by atoms with Gasteiger partial charge in [-0.25, -0.2) is 8.42 Å². The normalized spacial score (nSPS) is 16.6. The predicted octanol–water partition coefficient (Wildman–Crippen LogP) is 1.55. The molecule has 0 saturated carbocycles. The summed E-state index contributed by atoms with van der Waals surface area (Å²) in [5.41, 5.74) is 1.93. The van der Waals surface area contributed by atoms with Gasteiger partial charge < -0.3 is 15.0 Å². The van der Waals surface area contributed by atoms with E-state index in [9.17, 15) is 13.2 Å². The van der Waals surface area contributed by atoms with Crippen LogP contribution in [-0.4, -0.2) is 57.5 Å². The average molecular weight is 391 g/mol. The first-order chi connectivity index (χ1) is 11.2. The van der Waals surface area contributed by atoms with Gasteiger partial charge in [-0.2, -0.15) is 0 Å². The lowest BCUT2D eigenvalue weighted by Crippen LogP contribution is -2.57. The van der Waals surface area contributed by atoms with Crippen LogP contribution in [0.1, 0.15) is 24.0 Å². The Hall–Kier alpha value is -1.31. The Morgan fingerprint density at radius 1 is 1.32 bits per heavy atom. The third-order valence-electron chi connectivity index (χ3n) is 4.74. The summed E-state index contributed by atoms with van der Waals surface area (Å²) in [6, 6.07) is 5.71. The zero-order valence-corrected chi connectivity index (χ0v) is 16.8. The molecular formula is C17H27ClN2O4S. The van der Waals surface area contributed by atoms with Crippen molar-refractivity contribution >= 4 is 28.2 Å². The zero-order chi connectivity index (χ0) is 18.0. The van der Waals surface area contributed by atoms with Crippen LogP contribution in [-0.2, 0) is 21.2 Å². The Bertz CT molecular complexity index is 715. The second kappa shape index (κ2) is 8.38. The van der Waals surface area contributed by atoms with Crippen molar-refractivity contribution < 1.29 is 17.9 Å². The minimum absolute atomic E-state index is 0. The van der Waals surface area contributed by atoms with Gasteiger partial charge in [-0.15, -0.1) is 12.4 Å². The highest BCUT2D eigenvalue weighted by Gasteiger charge is 2.49. The molecule has 0 spiro atoms. The molecule has 1 amide bonds. The van der Waals surface area contributed by atoms with Gasteiger partial charge in [-0.1, -0.05) is 12.1 Å². The molecular weight excluding hydrogens is 364 g/mol. The molecule has 0 unspecified atom stereocenters. The number of rotatable bonds is 5. The van der Waals surface area contributed by atoms with Crippen LogP contribution >= 0.6 is 12.4 Å². The van der Waals surface area contributed by atoms with Crippen molar-refractivity contribution in [2.75, 3.05) is 33.5 Å². The quantitative estimate of drug-likeness (QED) is 0.825. The maximum atomic E-state index is 13.0. The van der Waals surface area contributed by atoms with Crippen molar-refractivity contribution in [3.8, 4) is 5.75 Å². The number of nitrogens with zero attached hydrogens (tertiary/aromatic N) is 1. The fraction of sp³-hybridized carbons (Fsp3) is 0.588. The van der Waals surface area contributed by atoms with Crippen LogP contribution in [0.2, 0.25) is 0 Å². The minimum Gasteiger partial charge on any atom is -0.496 e. The highest BCUT2D eigenvalue weighted by Crippen LogP contribution is 2.30. The highest BCUT2D eigenvalue weighted by atomic mass is 35.5. The molecule has 0 bridgehead atoms. The van der Waals surface area contributed by atoms with Crippen molar-refractivity contribution in [1.82, 2.24) is 10.2 Å². The van der Waals surface area contributed by atoms with E-state index < -0.39 is 14.6 Å². The average Bonchev–Trinajstić information content (AvgIpc) is 2.54. The van der Waals surface area contributed by atoms with E-state index in [1.165, 1.54) is 11.2 Å². The van der Waals surface area contributed by atoms with Crippen LogP contribution in [0, 0.1) is 6.92 Å². The van der Waals surface area contributed by atoms with E-state index in [4.69, 9.17) is 4.74 Å². The Kier molecular flexibility index (Phi) is 7.28.